The third kappa shape index (κ3) is 55.5. The topological polar surface area (TPSA) is 393 Å². The van der Waals surface area contributed by atoms with Crippen LogP contribution >= 0.6 is 0 Å². The number of carbonyl (C=O) groups is 6. The minimum atomic E-state index is -1.21. The maximum Gasteiger partial charge on any atom is 3.00 e. The summed E-state index contributed by atoms with van der Waals surface area (Å²) in [5.41, 5.74) is 4.41. The molecular weight excluding hydrogens is 1570 g/mol. The van der Waals surface area contributed by atoms with E-state index in [-0.39, 0.29) is 90.8 Å². The number of aliphatic carboxylic acids is 6. The number of ether oxygens (including phenoxy) is 6. The van der Waals surface area contributed by atoms with Gasteiger partial charge in [0.15, 0.2) is 0 Å². The van der Waals surface area contributed by atoms with Gasteiger partial charge in [0.2, 0.25) is 0 Å². The van der Waals surface area contributed by atoms with E-state index in [9.17, 15) is 67.8 Å². The molecule has 26 heteroatoms. The summed E-state index contributed by atoms with van der Waals surface area (Å²) in [5, 5.41) is 61.2. The Labute approximate surface area is 631 Å². The quantitative estimate of drug-likeness (QED) is 0.0783. The van der Waals surface area contributed by atoms with Gasteiger partial charge in [-0.2, -0.15) is 0 Å². The molecule has 0 amide bonds. The summed E-state index contributed by atoms with van der Waals surface area (Å²) in [6.45, 7) is 14.6. The molecule has 0 aromatic heterocycles. The molecule has 0 atom stereocenters. The number of benzene rings is 6. The molecule has 0 bridgehead atoms. The monoisotopic (exact) mass is 1650 g/mol. The van der Waals surface area contributed by atoms with E-state index in [4.69, 9.17) is 28.4 Å². The van der Waals surface area contributed by atoms with E-state index < -0.39 is 57.4 Å². The van der Waals surface area contributed by atoms with E-state index in [1.807, 2.05) is 114 Å². The van der Waals surface area contributed by atoms with Gasteiger partial charge in [0, 0.05) is 80.0 Å². The van der Waals surface area contributed by atoms with E-state index in [0.29, 0.717) is 74.1 Å². The van der Waals surface area contributed by atoms with E-state index in [2.05, 4.69) is 0 Å². The van der Waals surface area contributed by atoms with Gasteiger partial charge in [0.05, 0.1) is 75.5 Å². The SMILES string of the molecule is CCOc1ccccc1/C=C/C(=O)[O-].CCOc1ccccc1/C=C/C(=O)[O-].CCOc1ccccc1/C=C/C(=O)[O-].CCOc1ccccc1/C=C/C(=O)[O-].CCOc1ccccc1/C=C/C(=O)[O-].CCOc1ccccc1/C=C/C(=O)[O-].CS(C)=O.CS(C)=O.O.O.[Gd+3].[Gd+3]. The Kier molecular flexibility index (Phi) is 66.8. The molecule has 0 aliphatic heterocycles. The first-order valence-corrected chi connectivity index (χ1v) is 32.0. The van der Waals surface area contributed by atoms with Gasteiger partial charge in [-0.05, 0) is 151 Å². The molecular formula is C70H82Gd2O22S2. The third-order valence-electron chi connectivity index (χ3n) is 9.71. The van der Waals surface area contributed by atoms with Crippen LogP contribution in [0.1, 0.15) is 74.9 Å². The van der Waals surface area contributed by atoms with Crippen molar-refractivity contribution in [1.29, 1.82) is 0 Å². The fraction of sp³-hybridized carbons (Fsp3) is 0.229. The summed E-state index contributed by atoms with van der Waals surface area (Å²) in [4.78, 5) is 61.2. The number of rotatable bonds is 24. The molecule has 0 saturated carbocycles. The molecule has 2 radical (unpaired) electrons. The summed E-state index contributed by atoms with van der Waals surface area (Å²) in [5.74, 6) is -3.23. The van der Waals surface area contributed by atoms with Crippen molar-refractivity contribution < 1.29 is 187 Å². The molecule has 0 heterocycles. The molecule has 0 aliphatic carbocycles. The summed E-state index contributed by atoms with van der Waals surface area (Å²) in [7, 11) is -1.22. The van der Waals surface area contributed by atoms with Crippen LogP contribution in [0.15, 0.2) is 182 Å². The Hall–Kier alpha value is -7.75. The Morgan fingerprint density at radius 3 is 0.479 bits per heavy atom. The zero-order chi connectivity index (χ0) is 69.5. The Bertz CT molecular complexity index is 2820. The molecule has 6 rings (SSSR count). The average molecular weight is 1650 g/mol. The number of hydrogen-bond donors (Lipinski definition) is 0. The van der Waals surface area contributed by atoms with Crippen molar-refractivity contribution in [2.45, 2.75) is 41.5 Å². The van der Waals surface area contributed by atoms with E-state index >= 15 is 0 Å². The van der Waals surface area contributed by atoms with Crippen LogP contribution in [-0.2, 0) is 50.4 Å². The number of hydrogen-bond acceptors (Lipinski definition) is 20. The van der Waals surface area contributed by atoms with Gasteiger partial charge < -0.3 is 98.8 Å². The standard InChI is InChI=1S/6C11H12O3.2C2H6OS.2Gd.2H2O/c6*1-2-14-10-6-4-3-5-9(10)7-8-11(12)13;2*1-4(2)3;;;;/h6*3-8H,2H2,1H3,(H,12,13);2*1-2H3;;;2*1H2/q;;;;;;;;2*+3;;/p-6/b6*8-7+;;;;;;. The fourth-order valence-corrected chi connectivity index (χ4v) is 6.38. The Balaban J connectivity index is -0.000000245. The zero-order valence-electron chi connectivity index (χ0n) is 54.7. The van der Waals surface area contributed by atoms with Crippen LogP contribution < -0.4 is 59.1 Å². The normalized spacial score (nSPS) is 9.79. The Morgan fingerprint density at radius 2 is 0.385 bits per heavy atom. The summed E-state index contributed by atoms with van der Waals surface area (Å²) >= 11 is 0. The van der Waals surface area contributed by atoms with Gasteiger partial charge in [0.25, 0.3) is 0 Å². The maximum absolute atomic E-state index is 10.2. The van der Waals surface area contributed by atoms with Crippen molar-refractivity contribution in [3.05, 3.63) is 215 Å². The van der Waals surface area contributed by atoms with E-state index in [0.717, 1.165) is 69.8 Å². The van der Waals surface area contributed by atoms with E-state index in [1.54, 1.807) is 97.8 Å². The third-order valence-corrected chi connectivity index (χ3v) is 9.71. The molecule has 6 aromatic carbocycles. The van der Waals surface area contributed by atoms with Crippen molar-refractivity contribution in [2.75, 3.05) is 64.7 Å². The largest absolute Gasteiger partial charge is 3.00 e. The predicted molar refractivity (Wildman–Crippen MR) is 357 cm³/mol. The van der Waals surface area contributed by atoms with Crippen molar-refractivity contribution in [3.63, 3.8) is 0 Å². The molecule has 22 nitrogen and oxygen atoms in total. The summed E-state index contributed by atoms with van der Waals surface area (Å²) in [6.07, 6.45) is 21.2. The second-order valence-electron chi connectivity index (χ2n) is 17.2. The van der Waals surface area contributed by atoms with Crippen molar-refractivity contribution in [1.82, 2.24) is 0 Å². The number of carboxylic acid groups (broad SMARTS) is 6. The molecule has 0 fully saturated rings. The number of carboxylic acids is 6. The van der Waals surface area contributed by atoms with Crippen molar-refractivity contribution in [2.24, 2.45) is 0 Å². The fourth-order valence-electron chi connectivity index (χ4n) is 6.38. The molecule has 522 valence electrons. The van der Waals surface area contributed by atoms with Gasteiger partial charge in [-0.3, -0.25) is 8.42 Å². The van der Waals surface area contributed by atoms with Gasteiger partial charge >= 0.3 is 79.9 Å². The second kappa shape index (κ2) is 64.6. The zero-order valence-corrected chi connectivity index (χ0v) is 60.9. The first-order chi connectivity index (χ1) is 43.9. The first kappa shape index (κ1) is 99.3. The summed E-state index contributed by atoms with van der Waals surface area (Å²) in [6, 6.07) is 43.3. The van der Waals surface area contributed by atoms with Crippen LogP contribution in [0.25, 0.3) is 36.5 Å². The second-order valence-corrected chi connectivity index (χ2v) is 20.2. The van der Waals surface area contributed by atoms with Crippen LogP contribution in [0.3, 0.4) is 0 Å². The number of carbonyl (C=O) groups excluding carboxylic acids is 6. The molecule has 0 spiro atoms. The van der Waals surface area contributed by atoms with Crippen LogP contribution in [0.2, 0.25) is 0 Å². The van der Waals surface area contributed by atoms with Crippen molar-refractivity contribution >= 4 is 93.9 Å². The van der Waals surface area contributed by atoms with Crippen molar-refractivity contribution in [3.8, 4) is 34.5 Å². The van der Waals surface area contributed by atoms with Crippen LogP contribution in [0.5, 0.6) is 34.5 Å². The molecule has 4 N–H and O–H groups in total. The minimum Gasteiger partial charge on any atom is -0.545 e. The average Bonchev–Trinajstić information content (AvgIpc) is 1.10. The predicted octanol–water partition coefficient (Wildman–Crippen LogP) is 3.43. The Morgan fingerprint density at radius 1 is 0.281 bits per heavy atom. The van der Waals surface area contributed by atoms with Crippen LogP contribution in [0.4, 0.5) is 0 Å². The van der Waals surface area contributed by atoms with Gasteiger partial charge in [0.1, 0.15) is 34.5 Å². The molecule has 0 unspecified atom stereocenters. The first-order valence-electron chi connectivity index (χ1n) is 28.0. The molecule has 0 saturated heterocycles. The maximum atomic E-state index is 10.2. The minimum absolute atomic E-state index is 0. The van der Waals surface area contributed by atoms with Gasteiger partial charge in [-0.15, -0.1) is 0 Å². The smallest absolute Gasteiger partial charge is 0.545 e. The summed E-state index contributed by atoms with van der Waals surface area (Å²) < 4.78 is 50.9. The van der Waals surface area contributed by atoms with E-state index in [1.165, 1.54) is 36.5 Å². The molecule has 6 aromatic rings. The number of para-hydroxylation sites is 6. The van der Waals surface area contributed by atoms with Crippen LogP contribution in [-0.4, -0.2) is 120 Å². The van der Waals surface area contributed by atoms with Gasteiger partial charge in [-0.1, -0.05) is 109 Å². The van der Waals surface area contributed by atoms with Crippen LogP contribution in [0, 0.1) is 79.9 Å². The van der Waals surface area contributed by atoms with Gasteiger partial charge in [-0.25, -0.2) is 0 Å². The molecule has 0 aliphatic rings. The molecule has 96 heavy (non-hydrogen) atoms.